The molecule has 2 N–H and O–H groups in total. The molecule has 0 aliphatic rings. The number of nitrogens with two attached hydrogens (primary N) is 1. The molecule has 0 unspecified atom stereocenters. The van der Waals surface area contributed by atoms with Crippen molar-refractivity contribution in [3.8, 4) is 5.75 Å². The van der Waals surface area contributed by atoms with Crippen molar-refractivity contribution < 1.29 is 4.74 Å². The fourth-order valence-electron chi connectivity index (χ4n) is 2.08. The molecule has 0 aliphatic heterocycles. The Balaban J connectivity index is 2.22. The molecule has 0 spiro atoms. The summed E-state index contributed by atoms with van der Waals surface area (Å²) in [6, 6.07) is 9.49. The third-order valence-electron chi connectivity index (χ3n) is 3.40. The van der Waals surface area contributed by atoms with E-state index in [0.29, 0.717) is 22.6 Å². The van der Waals surface area contributed by atoms with Gasteiger partial charge in [0.2, 0.25) is 0 Å². The quantitative estimate of drug-likeness (QED) is 0.744. The monoisotopic (exact) mass is 323 g/mol. The van der Waals surface area contributed by atoms with E-state index in [1.807, 2.05) is 31.2 Å². The van der Waals surface area contributed by atoms with Gasteiger partial charge in [-0.1, -0.05) is 43.1 Å². The van der Waals surface area contributed by atoms with Crippen molar-refractivity contribution in [3.05, 3.63) is 57.1 Å². The lowest BCUT2D eigenvalue weighted by molar-refractivity contribution is 0.301. The SMILES string of the molecule is Cc1cc(OCc2ccc(Cl)c(Cl)c2)c(C(C)C)cc1N. The summed E-state index contributed by atoms with van der Waals surface area (Å²) in [5.41, 5.74) is 9.88. The molecule has 0 aromatic heterocycles. The number of hydrogen-bond acceptors (Lipinski definition) is 2. The maximum Gasteiger partial charge on any atom is 0.123 e. The van der Waals surface area contributed by atoms with Gasteiger partial charge >= 0.3 is 0 Å². The Hall–Kier alpha value is -1.38. The average molecular weight is 324 g/mol. The van der Waals surface area contributed by atoms with Gasteiger partial charge in [0.15, 0.2) is 0 Å². The first kappa shape index (κ1) is 16.0. The normalized spacial score (nSPS) is 11.0. The maximum atomic E-state index is 6.02. The molecule has 0 atom stereocenters. The highest BCUT2D eigenvalue weighted by Gasteiger charge is 2.11. The number of aryl methyl sites for hydroxylation is 1. The average Bonchev–Trinajstić information content (AvgIpc) is 2.43. The van der Waals surface area contributed by atoms with Gasteiger partial charge in [0.05, 0.1) is 10.0 Å². The number of benzene rings is 2. The zero-order chi connectivity index (χ0) is 15.6. The molecule has 0 radical (unpaired) electrons. The molecular weight excluding hydrogens is 305 g/mol. The van der Waals surface area contributed by atoms with E-state index in [0.717, 1.165) is 28.1 Å². The predicted molar refractivity (Wildman–Crippen MR) is 90.5 cm³/mol. The summed E-state index contributed by atoms with van der Waals surface area (Å²) in [5.74, 6) is 1.21. The van der Waals surface area contributed by atoms with Gasteiger partial charge in [0.1, 0.15) is 12.4 Å². The Morgan fingerprint density at radius 3 is 2.43 bits per heavy atom. The van der Waals surface area contributed by atoms with Crippen molar-refractivity contribution >= 4 is 28.9 Å². The minimum absolute atomic E-state index is 0.344. The predicted octanol–water partition coefficient (Wildman–Crippen LogP) is 5.59. The summed E-state index contributed by atoms with van der Waals surface area (Å²) in [5, 5.41) is 1.09. The zero-order valence-electron chi connectivity index (χ0n) is 12.4. The van der Waals surface area contributed by atoms with Crippen molar-refractivity contribution in [3.63, 3.8) is 0 Å². The van der Waals surface area contributed by atoms with Gasteiger partial charge in [-0.2, -0.15) is 0 Å². The molecule has 2 aromatic carbocycles. The lowest BCUT2D eigenvalue weighted by Crippen LogP contribution is -2.02. The molecule has 2 rings (SSSR count). The van der Waals surface area contributed by atoms with Crippen molar-refractivity contribution in [1.82, 2.24) is 0 Å². The molecular formula is C17H19Cl2NO. The second kappa shape index (κ2) is 6.59. The van der Waals surface area contributed by atoms with E-state index in [1.54, 1.807) is 6.07 Å². The highest BCUT2D eigenvalue weighted by Crippen LogP contribution is 2.32. The fourth-order valence-corrected chi connectivity index (χ4v) is 2.40. The summed E-state index contributed by atoms with van der Waals surface area (Å²) in [6.07, 6.45) is 0. The van der Waals surface area contributed by atoms with Gasteiger partial charge in [-0.25, -0.2) is 0 Å². The van der Waals surface area contributed by atoms with Crippen molar-refractivity contribution in [2.24, 2.45) is 0 Å². The van der Waals surface area contributed by atoms with Gasteiger partial charge in [-0.3, -0.25) is 0 Å². The molecule has 0 saturated carbocycles. The van der Waals surface area contributed by atoms with E-state index in [9.17, 15) is 0 Å². The minimum atomic E-state index is 0.344. The molecule has 0 bridgehead atoms. The van der Waals surface area contributed by atoms with Crippen molar-refractivity contribution in [1.29, 1.82) is 0 Å². The van der Waals surface area contributed by atoms with Crippen LogP contribution in [-0.2, 0) is 6.61 Å². The van der Waals surface area contributed by atoms with Crippen LogP contribution in [0.25, 0.3) is 0 Å². The highest BCUT2D eigenvalue weighted by molar-refractivity contribution is 6.42. The number of anilines is 1. The van der Waals surface area contributed by atoms with Crippen LogP contribution in [-0.4, -0.2) is 0 Å². The second-order valence-electron chi connectivity index (χ2n) is 5.44. The van der Waals surface area contributed by atoms with Crippen LogP contribution >= 0.6 is 23.2 Å². The standard InChI is InChI=1S/C17H19Cl2NO/c1-10(2)13-8-16(20)11(3)6-17(13)21-9-12-4-5-14(18)15(19)7-12/h4-8,10H,9,20H2,1-3H3. The largest absolute Gasteiger partial charge is 0.489 e. The minimum Gasteiger partial charge on any atom is -0.489 e. The molecule has 0 aliphatic carbocycles. The third-order valence-corrected chi connectivity index (χ3v) is 4.14. The van der Waals surface area contributed by atoms with Crippen LogP contribution in [0.15, 0.2) is 30.3 Å². The number of hydrogen-bond donors (Lipinski definition) is 1. The number of halogens is 2. The van der Waals surface area contributed by atoms with Crippen molar-refractivity contribution in [2.75, 3.05) is 5.73 Å². The Kier molecular flexibility index (Phi) is 5.02. The molecule has 2 aromatic rings. The number of rotatable bonds is 4. The van der Waals surface area contributed by atoms with Gasteiger partial charge < -0.3 is 10.5 Å². The molecule has 0 fully saturated rings. The summed E-state index contributed by atoms with van der Waals surface area (Å²) in [4.78, 5) is 0. The maximum absolute atomic E-state index is 6.02. The third kappa shape index (κ3) is 3.84. The van der Waals surface area contributed by atoms with Crippen LogP contribution in [0.4, 0.5) is 5.69 Å². The fraction of sp³-hybridized carbons (Fsp3) is 0.294. The van der Waals surface area contributed by atoms with E-state index in [4.69, 9.17) is 33.7 Å². The van der Waals surface area contributed by atoms with Gasteiger partial charge in [0, 0.05) is 5.69 Å². The van der Waals surface area contributed by atoms with Crippen LogP contribution in [0.1, 0.15) is 36.5 Å². The van der Waals surface area contributed by atoms with Crippen LogP contribution in [0.5, 0.6) is 5.75 Å². The molecule has 2 nitrogen and oxygen atoms in total. The molecule has 21 heavy (non-hydrogen) atoms. The Morgan fingerprint density at radius 2 is 1.81 bits per heavy atom. The summed E-state index contributed by atoms with van der Waals surface area (Å²) >= 11 is 11.9. The Labute approximate surface area is 135 Å². The Morgan fingerprint density at radius 1 is 1.10 bits per heavy atom. The molecule has 4 heteroatoms. The van der Waals surface area contributed by atoms with Crippen LogP contribution in [0.3, 0.4) is 0 Å². The van der Waals surface area contributed by atoms with Crippen molar-refractivity contribution in [2.45, 2.75) is 33.3 Å². The molecule has 112 valence electrons. The summed E-state index contributed by atoms with van der Waals surface area (Å²) in [7, 11) is 0. The second-order valence-corrected chi connectivity index (χ2v) is 6.25. The lowest BCUT2D eigenvalue weighted by Gasteiger charge is -2.16. The topological polar surface area (TPSA) is 35.2 Å². The van der Waals surface area contributed by atoms with E-state index in [1.165, 1.54) is 0 Å². The van der Waals surface area contributed by atoms with E-state index in [2.05, 4.69) is 13.8 Å². The highest BCUT2D eigenvalue weighted by atomic mass is 35.5. The van der Waals surface area contributed by atoms with Gasteiger partial charge in [-0.15, -0.1) is 0 Å². The first-order valence-electron chi connectivity index (χ1n) is 6.85. The molecule has 0 saturated heterocycles. The van der Waals surface area contributed by atoms with Crippen LogP contribution < -0.4 is 10.5 Å². The number of ether oxygens (including phenoxy) is 1. The van der Waals surface area contributed by atoms with E-state index < -0.39 is 0 Å². The molecule has 0 heterocycles. The first-order chi connectivity index (χ1) is 9.88. The first-order valence-corrected chi connectivity index (χ1v) is 7.61. The molecule has 0 amide bonds. The smallest absolute Gasteiger partial charge is 0.123 e. The van der Waals surface area contributed by atoms with E-state index >= 15 is 0 Å². The lowest BCUT2D eigenvalue weighted by atomic mass is 9.99. The summed E-state index contributed by atoms with van der Waals surface area (Å²) in [6.45, 7) is 6.66. The summed E-state index contributed by atoms with van der Waals surface area (Å²) < 4.78 is 5.96. The van der Waals surface area contributed by atoms with Gasteiger partial charge in [0.25, 0.3) is 0 Å². The Bertz CT molecular complexity index is 653. The van der Waals surface area contributed by atoms with Crippen LogP contribution in [0, 0.1) is 6.92 Å². The number of nitrogen functional groups attached to an aromatic ring is 1. The van der Waals surface area contributed by atoms with Crippen LogP contribution in [0.2, 0.25) is 10.0 Å². The van der Waals surface area contributed by atoms with E-state index in [-0.39, 0.29) is 0 Å². The zero-order valence-corrected chi connectivity index (χ0v) is 13.9. The van der Waals surface area contributed by atoms with Gasteiger partial charge in [-0.05, 0) is 53.8 Å².